The van der Waals surface area contributed by atoms with Crippen LogP contribution < -0.4 is 15.8 Å². The Morgan fingerprint density at radius 3 is 2.96 bits per heavy atom. The van der Waals surface area contributed by atoms with Gasteiger partial charge in [-0.05, 0) is 44.1 Å². The van der Waals surface area contributed by atoms with Crippen LogP contribution in [0, 0.1) is 0 Å². The topological polar surface area (TPSA) is 76.8 Å². The highest BCUT2D eigenvalue weighted by Gasteiger charge is 2.35. The van der Waals surface area contributed by atoms with E-state index in [9.17, 15) is 4.79 Å². The molecule has 6 nitrogen and oxygen atoms in total. The Kier molecular flexibility index (Phi) is 5.48. The number of rotatable bonds is 6. The number of carbonyl (C=O) groups excluding carboxylic acids is 1. The summed E-state index contributed by atoms with van der Waals surface area (Å²) in [7, 11) is 0. The molecule has 23 heavy (non-hydrogen) atoms. The Bertz CT molecular complexity index is 532. The fourth-order valence-corrected chi connectivity index (χ4v) is 3.27. The first kappa shape index (κ1) is 16.2. The van der Waals surface area contributed by atoms with Crippen LogP contribution in [0.25, 0.3) is 0 Å². The Labute approximate surface area is 136 Å². The van der Waals surface area contributed by atoms with E-state index in [4.69, 9.17) is 15.2 Å². The second-order valence-corrected chi connectivity index (χ2v) is 6.09. The third-order valence-electron chi connectivity index (χ3n) is 4.46. The first-order valence-corrected chi connectivity index (χ1v) is 8.33. The van der Waals surface area contributed by atoms with Crippen LogP contribution in [0.1, 0.15) is 23.2 Å². The smallest absolute Gasteiger partial charge is 0.251 e. The summed E-state index contributed by atoms with van der Waals surface area (Å²) < 4.78 is 11.1. The lowest BCUT2D eigenvalue weighted by atomic mass is 10.1. The van der Waals surface area contributed by atoms with Crippen molar-refractivity contribution in [2.75, 3.05) is 39.5 Å². The number of hydrogen-bond acceptors (Lipinski definition) is 5. The standard InChI is InChI=1S/C17H25N3O3/c18-6-9-23-14-5-3-4-13(10-14)17(21)19-15-11-22-12-16(15)20-7-1-2-8-20/h3-5,10,15-16H,1-2,6-9,11-12,18H2,(H,19,21). The summed E-state index contributed by atoms with van der Waals surface area (Å²) in [6.07, 6.45) is 2.47. The minimum Gasteiger partial charge on any atom is -0.492 e. The summed E-state index contributed by atoms with van der Waals surface area (Å²) in [5, 5.41) is 3.12. The largest absolute Gasteiger partial charge is 0.492 e. The summed E-state index contributed by atoms with van der Waals surface area (Å²) in [4.78, 5) is 15.0. The molecular weight excluding hydrogens is 294 g/mol. The molecule has 3 N–H and O–H groups in total. The van der Waals surface area contributed by atoms with E-state index in [1.165, 1.54) is 12.8 Å². The van der Waals surface area contributed by atoms with Crippen LogP contribution in [-0.2, 0) is 4.74 Å². The number of nitrogens with one attached hydrogen (secondary N) is 1. The third-order valence-corrected chi connectivity index (χ3v) is 4.46. The molecule has 2 heterocycles. The predicted molar refractivity (Wildman–Crippen MR) is 87.7 cm³/mol. The van der Waals surface area contributed by atoms with Crippen molar-refractivity contribution in [2.24, 2.45) is 5.73 Å². The van der Waals surface area contributed by atoms with E-state index in [2.05, 4.69) is 10.2 Å². The van der Waals surface area contributed by atoms with Gasteiger partial charge in [0.2, 0.25) is 0 Å². The van der Waals surface area contributed by atoms with Gasteiger partial charge in [0.15, 0.2) is 0 Å². The lowest BCUT2D eigenvalue weighted by molar-refractivity contribution is 0.0916. The van der Waals surface area contributed by atoms with Gasteiger partial charge in [-0.2, -0.15) is 0 Å². The Balaban J connectivity index is 1.61. The molecule has 0 bridgehead atoms. The van der Waals surface area contributed by atoms with Gasteiger partial charge in [-0.3, -0.25) is 9.69 Å². The van der Waals surface area contributed by atoms with Crippen molar-refractivity contribution in [3.8, 4) is 5.75 Å². The second-order valence-electron chi connectivity index (χ2n) is 6.09. The maximum Gasteiger partial charge on any atom is 0.251 e. The first-order valence-electron chi connectivity index (χ1n) is 8.33. The van der Waals surface area contributed by atoms with Gasteiger partial charge < -0.3 is 20.5 Å². The molecule has 3 rings (SSSR count). The SMILES string of the molecule is NCCOc1cccc(C(=O)NC2COCC2N2CCCC2)c1. The molecule has 2 aliphatic rings. The molecule has 1 aromatic carbocycles. The monoisotopic (exact) mass is 319 g/mol. The minimum absolute atomic E-state index is 0.0502. The number of benzene rings is 1. The van der Waals surface area contributed by atoms with Crippen molar-refractivity contribution in [1.29, 1.82) is 0 Å². The quantitative estimate of drug-likeness (QED) is 0.804. The summed E-state index contributed by atoms with van der Waals surface area (Å²) in [6, 6.07) is 7.55. The fourth-order valence-electron chi connectivity index (χ4n) is 3.27. The molecule has 2 atom stereocenters. The average molecular weight is 319 g/mol. The molecule has 2 unspecified atom stereocenters. The zero-order chi connectivity index (χ0) is 16.1. The van der Waals surface area contributed by atoms with Crippen LogP contribution in [0.15, 0.2) is 24.3 Å². The Morgan fingerprint density at radius 2 is 2.17 bits per heavy atom. The molecule has 2 saturated heterocycles. The van der Waals surface area contributed by atoms with Crippen molar-refractivity contribution in [3.05, 3.63) is 29.8 Å². The molecule has 2 aliphatic heterocycles. The highest BCUT2D eigenvalue weighted by Crippen LogP contribution is 2.20. The number of carbonyl (C=O) groups is 1. The van der Waals surface area contributed by atoms with Crippen molar-refractivity contribution < 1.29 is 14.3 Å². The maximum absolute atomic E-state index is 12.5. The first-order chi connectivity index (χ1) is 11.3. The van der Waals surface area contributed by atoms with Crippen molar-refractivity contribution >= 4 is 5.91 Å². The van der Waals surface area contributed by atoms with Crippen molar-refractivity contribution in [2.45, 2.75) is 24.9 Å². The molecule has 1 aromatic rings. The van der Waals surface area contributed by atoms with Crippen LogP contribution in [-0.4, -0.2) is 62.3 Å². The minimum atomic E-state index is -0.0807. The molecule has 0 saturated carbocycles. The van der Waals surface area contributed by atoms with Gasteiger partial charge in [-0.25, -0.2) is 0 Å². The number of nitrogens with zero attached hydrogens (tertiary/aromatic N) is 1. The lowest BCUT2D eigenvalue weighted by Crippen LogP contribution is -2.50. The molecule has 0 aromatic heterocycles. The van der Waals surface area contributed by atoms with E-state index in [0.29, 0.717) is 37.7 Å². The highest BCUT2D eigenvalue weighted by molar-refractivity contribution is 5.94. The summed E-state index contributed by atoms with van der Waals surface area (Å²) in [6.45, 7) is 4.37. The van der Waals surface area contributed by atoms with E-state index >= 15 is 0 Å². The van der Waals surface area contributed by atoms with Gasteiger partial charge in [0.25, 0.3) is 5.91 Å². The van der Waals surface area contributed by atoms with Crippen molar-refractivity contribution in [1.82, 2.24) is 10.2 Å². The molecule has 0 spiro atoms. The number of likely N-dealkylation sites (tertiary alicyclic amines) is 1. The van der Waals surface area contributed by atoms with E-state index in [1.807, 2.05) is 12.1 Å². The lowest BCUT2D eigenvalue weighted by Gasteiger charge is -2.27. The molecule has 1 amide bonds. The molecule has 0 radical (unpaired) electrons. The van der Waals surface area contributed by atoms with Gasteiger partial charge in [-0.15, -0.1) is 0 Å². The maximum atomic E-state index is 12.5. The normalized spacial score (nSPS) is 24.7. The number of nitrogens with two attached hydrogens (primary N) is 1. The Morgan fingerprint density at radius 1 is 1.35 bits per heavy atom. The molecule has 6 heteroatoms. The van der Waals surface area contributed by atoms with Gasteiger partial charge >= 0.3 is 0 Å². The molecular formula is C17H25N3O3. The molecule has 126 valence electrons. The van der Waals surface area contributed by atoms with Crippen molar-refractivity contribution in [3.63, 3.8) is 0 Å². The van der Waals surface area contributed by atoms with Crippen LogP contribution in [0.3, 0.4) is 0 Å². The van der Waals surface area contributed by atoms with Gasteiger partial charge in [0.1, 0.15) is 12.4 Å². The highest BCUT2D eigenvalue weighted by atomic mass is 16.5. The van der Waals surface area contributed by atoms with E-state index < -0.39 is 0 Å². The van der Waals surface area contributed by atoms with Gasteiger partial charge in [0.05, 0.1) is 25.3 Å². The summed E-state index contributed by atoms with van der Waals surface area (Å²) in [5.74, 6) is 0.588. The summed E-state index contributed by atoms with van der Waals surface area (Å²) >= 11 is 0. The van der Waals surface area contributed by atoms with E-state index in [0.717, 1.165) is 13.1 Å². The van der Waals surface area contributed by atoms with E-state index in [1.54, 1.807) is 12.1 Å². The molecule has 0 aliphatic carbocycles. The van der Waals surface area contributed by atoms with Crippen LogP contribution >= 0.6 is 0 Å². The Hall–Kier alpha value is -1.63. The molecule has 2 fully saturated rings. The van der Waals surface area contributed by atoms with Gasteiger partial charge in [-0.1, -0.05) is 6.07 Å². The second kappa shape index (κ2) is 7.77. The van der Waals surface area contributed by atoms with Crippen LogP contribution in [0.2, 0.25) is 0 Å². The van der Waals surface area contributed by atoms with Crippen LogP contribution in [0.4, 0.5) is 0 Å². The number of hydrogen-bond donors (Lipinski definition) is 2. The van der Waals surface area contributed by atoms with Crippen LogP contribution in [0.5, 0.6) is 5.75 Å². The van der Waals surface area contributed by atoms with E-state index in [-0.39, 0.29) is 18.0 Å². The number of amides is 1. The fraction of sp³-hybridized carbons (Fsp3) is 0.588. The zero-order valence-corrected chi connectivity index (χ0v) is 13.4. The van der Waals surface area contributed by atoms with Gasteiger partial charge in [0, 0.05) is 12.1 Å². The third kappa shape index (κ3) is 4.02. The average Bonchev–Trinajstić information content (AvgIpc) is 3.24. The summed E-state index contributed by atoms with van der Waals surface area (Å²) in [5.41, 5.74) is 6.04. The predicted octanol–water partition coefficient (Wildman–Crippen LogP) is 0.617. The number of ether oxygens (including phenoxy) is 2. The zero-order valence-electron chi connectivity index (χ0n) is 13.4.